The smallest absolute Gasteiger partial charge is 0.159 e. The predicted octanol–water partition coefficient (Wildman–Crippen LogP) is 10.2. The summed E-state index contributed by atoms with van der Waals surface area (Å²) in [5, 5.41) is 14.0. The Morgan fingerprint density at radius 2 is 1.02 bits per heavy atom. The maximum Gasteiger partial charge on any atom is 0.159 e. The SMILES string of the molecule is COc1ccc2c(c1)c1ccc(Oc3cc(Oc4ccc5c6cc(CO)ccc6n(-c6ccccn6)c5c4)cc(-c4ncccn4)c3)cc1n2-c1ccccn1. The lowest BCUT2D eigenvalue weighted by atomic mass is 10.1. The van der Waals surface area contributed by atoms with Crippen molar-refractivity contribution < 1.29 is 19.3 Å². The predicted molar refractivity (Wildman–Crippen MR) is 217 cm³/mol. The van der Waals surface area contributed by atoms with Gasteiger partial charge in [-0.05, 0) is 103 Å². The molecule has 0 atom stereocenters. The highest BCUT2D eigenvalue weighted by Gasteiger charge is 2.18. The summed E-state index contributed by atoms with van der Waals surface area (Å²) < 4.78 is 23.1. The molecule has 10 nitrogen and oxygen atoms in total. The first-order valence-electron chi connectivity index (χ1n) is 18.0. The van der Waals surface area contributed by atoms with Gasteiger partial charge in [0.1, 0.15) is 40.4 Å². The zero-order valence-corrected chi connectivity index (χ0v) is 30.1. The van der Waals surface area contributed by atoms with Crippen molar-refractivity contribution in [2.45, 2.75) is 6.61 Å². The van der Waals surface area contributed by atoms with E-state index in [-0.39, 0.29) is 6.61 Å². The number of hydrogen-bond donors (Lipinski definition) is 1. The second-order valence-corrected chi connectivity index (χ2v) is 13.3. The molecule has 0 amide bonds. The number of methoxy groups -OCH3 is 1. The van der Waals surface area contributed by atoms with Crippen LogP contribution in [0.1, 0.15) is 5.56 Å². The summed E-state index contributed by atoms with van der Waals surface area (Å²) in [5.74, 6) is 5.22. The Morgan fingerprint density at radius 1 is 0.464 bits per heavy atom. The highest BCUT2D eigenvalue weighted by Crippen LogP contribution is 2.40. The quantitative estimate of drug-likeness (QED) is 0.156. The molecule has 0 aliphatic heterocycles. The summed E-state index contributed by atoms with van der Waals surface area (Å²) in [6.45, 7) is -0.0455. The van der Waals surface area contributed by atoms with Gasteiger partial charge in [-0.3, -0.25) is 9.13 Å². The van der Waals surface area contributed by atoms with Crippen molar-refractivity contribution >= 4 is 43.6 Å². The third kappa shape index (κ3) is 5.81. The van der Waals surface area contributed by atoms with Crippen LogP contribution in [0.2, 0.25) is 0 Å². The first-order chi connectivity index (χ1) is 27.6. The summed E-state index contributed by atoms with van der Waals surface area (Å²) in [6.07, 6.45) is 6.99. The minimum atomic E-state index is -0.0455. The maximum absolute atomic E-state index is 9.91. The number of nitrogens with zero attached hydrogens (tertiary/aromatic N) is 6. The molecule has 0 saturated heterocycles. The number of rotatable bonds is 9. The number of pyridine rings is 2. The third-order valence-corrected chi connectivity index (χ3v) is 9.86. The second-order valence-electron chi connectivity index (χ2n) is 13.3. The molecule has 5 heterocycles. The number of ether oxygens (including phenoxy) is 3. The lowest BCUT2D eigenvalue weighted by Crippen LogP contribution is -1.97. The number of aromatic nitrogens is 6. The van der Waals surface area contributed by atoms with E-state index in [0.29, 0.717) is 28.8 Å². The molecule has 0 bridgehead atoms. The van der Waals surface area contributed by atoms with Crippen LogP contribution in [0.5, 0.6) is 28.7 Å². The van der Waals surface area contributed by atoms with Crippen LogP contribution in [0.3, 0.4) is 0 Å². The molecule has 0 aliphatic rings. The molecule has 10 heteroatoms. The van der Waals surface area contributed by atoms with E-state index >= 15 is 0 Å². The van der Waals surface area contributed by atoms with E-state index in [0.717, 1.165) is 72.1 Å². The first kappa shape index (κ1) is 33.0. The Balaban J connectivity index is 1.07. The van der Waals surface area contributed by atoms with Crippen molar-refractivity contribution in [1.29, 1.82) is 0 Å². The van der Waals surface area contributed by atoms with Gasteiger partial charge in [-0.1, -0.05) is 18.2 Å². The monoisotopic (exact) mass is 732 g/mol. The Labute approximate surface area is 320 Å². The molecule has 10 rings (SSSR count). The maximum atomic E-state index is 9.91. The molecule has 0 saturated carbocycles. The van der Waals surface area contributed by atoms with Crippen molar-refractivity contribution in [3.63, 3.8) is 0 Å². The van der Waals surface area contributed by atoms with E-state index < -0.39 is 0 Å². The molecule has 0 unspecified atom stereocenters. The van der Waals surface area contributed by atoms with E-state index in [9.17, 15) is 5.11 Å². The van der Waals surface area contributed by atoms with Crippen LogP contribution in [0.4, 0.5) is 0 Å². The number of fused-ring (bicyclic) bond motifs is 6. The van der Waals surface area contributed by atoms with Gasteiger partial charge in [-0.25, -0.2) is 19.9 Å². The Kier molecular flexibility index (Phi) is 8.08. The minimum Gasteiger partial charge on any atom is -0.497 e. The van der Waals surface area contributed by atoms with Gasteiger partial charge in [0.05, 0.1) is 35.8 Å². The zero-order valence-electron chi connectivity index (χ0n) is 30.1. The van der Waals surface area contributed by atoms with Gasteiger partial charge in [-0.15, -0.1) is 0 Å². The molecule has 0 radical (unpaired) electrons. The van der Waals surface area contributed by atoms with E-state index in [1.165, 1.54) is 0 Å². The average molecular weight is 733 g/mol. The fourth-order valence-corrected chi connectivity index (χ4v) is 7.38. The number of hydrogen-bond acceptors (Lipinski definition) is 8. The van der Waals surface area contributed by atoms with Crippen LogP contribution in [-0.4, -0.2) is 41.3 Å². The standard InChI is InChI=1S/C46H32N6O4/c1-54-31-12-16-41-39(25-31)37-14-11-33(27-43(37)52(41)45-8-3-5-18-48-45)56-35-23-30(46-49-19-6-20-50-46)22-34(24-35)55-32-10-13-36-38-21-29(28-53)9-15-40(38)51(42(36)26-32)44-7-2-4-17-47-44/h2-27,53H,28H2,1H3. The molecule has 5 aromatic heterocycles. The van der Waals surface area contributed by atoms with Crippen molar-refractivity contribution in [3.8, 4) is 51.8 Å². The van der Waals surface area contributed by atoms with Gasteiger partial charge in [0.25, 0.3) is 0 Å². The molecule has 0 spiro atoms. The van der Waals surface area contributed by atoms with Gasteiger partial charge >= 0.3 is 0 Å². The highest BCUT2D eigenvalue weighted by molar-refractivity contribution is 6.11. The lowest BCUT2D eigenvalue weighted by molar-refractivity contribution is 0.282. The Hall–Kier alpha value is -7.56. The summed E-state index contributed by atoms with van der Waals surface area (Å²) in [6, 6.07) is 43.3. The number of aliphatic hydroxyl groups is 1. The Morgan fingerprint density at radius 3 is 1.57 bits per heavy atom. The van der Waals surface area contributed by atoms with Crippen molar-refractivity contribution in [3.05, 3.63) is 164 Å². The average Bonchev–Trinajstić information content (AvgIpc) is 3.75. The van der Waals surface area contributed by atoms with Crippen LogP contribution < -0.4 is 14.2 Å². The van der Waals surface area contributed by atoms with Crippen LogP contribution >= 0.6 is 0 Å². The van der Waals surface area contributed by atoms with Crippen LogP contribution in [0.25, 0.3) is 66.6 Å². The summed E-state index contributed by atoms with van der Waals surface area (Å²) in [4.78, 5) is 18.4. The summed E-state index contributed by atoms with van der Waals surface area (Å²) in [5.41, 5.74) is 5.40. The molecule has 1 N–H and O–H groups in total. The molecular formula is C46H32N6O4. The van der Waals surface area contributed by atoms with E-state index in [2.05, 4.69) is 41.2 Å². The van der Waals surface area contributed by atoms with E-state index in [1.54, 1.807) is 38.0 Å². The lowest BCUT2D eigenvalue weighted by Gasteiger charge is -2.13. The zero-order chi connectivity index (χ0) is 37.6. The molecule has 0 fully saturated rings. The van der Waals surface area contributed by atoms with Gasteiger partial charge in [0.2, 0.25) is 0 Å². The topological polar surface area (TPSA) is 109 Å². The van der Waals surface area contributed by atoms with Crippen LogP contribution in [0, 0.1) is 0 Å². The third-order valence-electron chi connectivity index (χ3n) is 9.86. The van der Waals surface area contributed by atoms with Gasteiger partial charge in [0.15, 0.2) is 5.82 Å². The van der Waals surface area contributed by atoms with Crippen molar-refractivity contribution in [2.75, 3.05) is 7.11 Å². The molecule has 5 aromatic carbocycles. The molecule has 56 heavy (non-hydrogen) atoms. The number of aliphatic hydroxyl groups excluding tert-OH is 1. The number of benzene rings is 5. The summed E-state index contributed by atoms with van der Waals surface area (Å²) >= 11 is 0. The fraction of sp³-hybridized carbons (Fsp3) is 0.0435. The van der Waals surface area contributed by atoms with Crippen molar-refractivity contribution in [1.82, 2.24) is 29.1 Å². The second kappa shape index (κ2) is 13.7. The Bertz CT molecular complexity index is 2870. The van der Waals surface area contributed by atoms with Gasteiger partial charge < -0.3 is 19.3 Å². The van der Waals surface area contributed by atoms with Crippen molar-refractivity contribution in [2.24, 2.45) is 0 Å². The fourth-order valence-electron chi connectivity index (χ4n) is 7.38. The van der Waals surface area contributed by atoms with E-state index in [1.807, 2.05) is 115 Å². The van der Waals surface area contributed by atoms with Gasteiger partial charge in [-0.2, -0.15) is 0 Å². The molecule has 270 valence electrons. The largest absolute Gasteiger partial charge is 0.497 e. The summed E-state index contributed by atoms with van der Waals surface area (Å²) in [7, 11) is 1.67. The first-order valence-corrected chi connectivity index (χ1v) is 18.0. The molecule has 10 aromatic rings. The van der Waals surface area contributed by atoms with E-state index in [4.69, 9.17) is 14.2 Å². The highest BCUT2D eigenvalue weighted by atomic mass is 16.5. The molecular weight excluding hydrogens is 701 g/mol. The minimum absolute atomic E-state index is 0.0455. The normalized spacial score (nSPS) is 11.5. The van der Waals surface area contributed by atoms with Gasteiger partial charge in [0, 0.05) is 70.1 Å². The molecule has 0 aliphatic carbocycles. The van der Waals surface area contributed by atoms with Crippen LogP contribution in [0.15, 0.2) is 158 Å². The van der Waals surface area contributed by atoms with Crippen LogP contribution in [-0.2, 0) is 6.61 Å².